The van der Waals surface area contributed by atoms with Gasteiger partial charge in [-0.3, -0.25) is 0 Å². The lowest BCUT2D eigenvalue weighted by Crippen LogP contribution is -1.85. The zero-order valence-corrected chi connectivity index (χ0v) is 11.0. The molecule has 0 saturated carbocycles. The second-order valence-corrected chi connectivity index (χ2v) is 4.76. The maximum Gasteiger partial charge on any atom is -0.0154 e. The lowest BCUT2D eigenvalue weighted by Gasteiger charge is -2.09. The number of benzene rings is 3. The summed E-state index contributed by atoms with van der Waals surface area (Å²) in [5.41, 5.74) is 6.44. The molecule has 3 aromatic carbocycles. The summed E-state index contributed by atoms with van der Waals surface area (Å²) in [6.07, 6.45) is 0. The normalized spacial score (nSPS) is 9.85. The summed E-state index contributed by atoms with van der Waals surface area (Å²) < 4.78 is 0. The summed E-state index contributed by atoms with van der Waals surface area (Å²) in [6, 6.07) is 27.7. The van der Waals surface area contributed by atoms with E-state index in [0.717, 1.165) is 0 Å². The van der Waals surface area contributed by atoms with E-state index < -0.39 is 0 Å². The molecule has 20 heavy (non-hydrogen) atoms. The van der Waals surface area contributed by atoms with E-state index in [2.05, 4.69) is 85.8 Å². The first-order valence-corrected chi connectivity index (χ1v) is 6.56. The number of rotatable bonds is 2. The lowest BCUT2D eigenvalue weighted by atomic mass is 9.96. The van der Waals surface area contributed by atoms with Gasteiger partial charge in [-0.05, 0) is 34.7 Å². The summed E-state index contributed by atoms with van der Waals surface area (Å²) in [5, 5.41) is 0. The van der Waals surface area contributed by atoms with Gasteiger partial charge in [-0.2, -0.15) is 0 Å². The van der Waals surface area contributed by atoms with Gasteiger partial charge in [0.15, 0.2) is 0 Å². The maximum atomic E-state index is 2.26. The Morgan fingerprint density at radius 2 is 1.10 bits per heavy atom. The Labute approximate surface area is 121 Å². The van der Waals surface area contributed by atoms with E-state index in [4.69, 9.17) is 0 Å². The molecule has 0 aliphatic heterocycles. The van der Waals surface area contributed by atoms with Crippen LogP contribution in [0.5, 0.6) is 0 Å². The summed E-state index contributed by atoms with van der Waals surface area (Å²) in [6.45, 7) is 2.18. The van der Waals surface area contributed by atoms with Crippen molar-refractivity contribution in [2.24, 2.45) is 0 Å². The highest BCUT2D eigenvalue weighted by molar-refractivity contribution is 5.73. The van der Waals surface area contributed by atoms with E-state index in [1.54, 1.807) is 0 Å². The van der Waals surface area contributed by atoms with Crippen LogP contribution in [-0.4, -0.2) is 0 Å². The van der Waals surface area contributed by atoms with Crippen LogP contribution in [0.3, 0.4) is 0 Å². The highest BCUT2D eigenvalue weighted by Gasteiger charge is 2.03. The van der Waals surface area contributed by atoms with Crippen LogP contribution in [0.15, 0.2) is 78.9 Å². The summed E-state index contributed by atoms with van der Waals surface area (Å²) in [5.74, 6) is 0. The van der Waals surface area contributed by atoms with E-state index in [1.807, 2.05) is 0 Å². The number of hydrogen-bond donors (Lipinski definition) is 0. The fourth-order valence-corrected chi connectivity index (χ4v) is 2.42. The van der Waals surface area contributed by atoms with Crippen LogP contribution >= 0.6 is 0 Å². The van der Waals surface area contributed by atoms with Crippen LogP contribution in [0.1, 0.15) is 13.0 Å². The topological polar surface area (TPSA) is 0 Å². The Morgan fingerprint density at radius 3 is 1.65 bits per heavy atom. The highest BCUT2D eigenvalue weighted by Crippen LogP contribution is 2.28. The second kappa shape index (κ2) is 6.21. The van der Waals surface area contributed by atoms with Crippen LogP contribution in [0.25, 0.3) is 22.3 Å². The average molecular weight is 260 g/mol. The molecule has 0 fully saturated rings. The van der Waals surface area contributed by atoms with E-state index in [-0.39, 0.29) is 7.43 Å². The SMILES string of the molecule is C.Cc1cc(-c2ccccc2)ccc1-c1ccccc1. The summed E-state index contributed by atoms with van der Waals surface area (Å²) >= 11 is 0. The minimum atomic E-state index is 0. The first-order chi connectivity index (χ1) is 9.34. The third-order valence-corrected chi connectivity index (χ3v) is 3.42. The molecule has 0 heteroatoms. The lowest BCUT2D eigenvalue weighted by molar-refractivity contribution is 1.45. The van der Waals surface area contributed by atoms with Crippen molar-refractivity contribution >= 4 is 0 Å². The quantitative estimate of drug-likeness (QED) is 0.533. The standard InChI is InChI=1S/C19H16.CH4/c1-15-14-18(16-8-4-2-5-9-16)12-13-19(15)17-10-6-3-7-11-17;/h2-14H,1H3;1H4. The third-order valence-electron chi connectivity index (χ3n) is 3.42. The van der Waals surface area contributed by atoms with Gasteiger partial charge in [0, 0.05) is 0 Å². The minimum absolute atomic E-state index is 0. The van der Waals surface area contributed by atoms with Crippen molar-refractivity contribution in [3.8, 4) is 22.3 Å². The molecule has 0 heterocycles. The van der Waals surface area contributed by atoms with Gasteiger partial charge >= 0.3 is 0 Å². The van der Waals surface area contributed by atoms with Gasteiger partial charge in [0.25, 0.3) is 0 Å². The fourth-order valence-electron chi connectivity index (χ4n) is 2.42. The van der Waals surface area contributed by atoms with Crippen LogP contribution in [0, 0.1) is 6.92 Å². The molecule has 0 bridgehead atoms. The van der Waals surface area contributed by atoms with Gasteiger partial charge in [-0.25, -0.2) is 0 Å². The van der Waals surface area contributed by atoms with Crippen LogP contribution in [-0.2, 0) is 0 Å². The van der Waals surface area contributed by atoms with Crippen LogP contribution < -0.4 is 0 Å². The molecule has 0 N–H and O–H groups in total. The first kappa shape index (κ1) is 14.1. The van der Waals surface area contributed by atoms with E-state index in [0.29, 0.717) is 0 Å². The largest absolute Gasteiger partial charge is 0.0776 e. The smallest absolute Gasteiger partial charge is 0.0154 e. The number of hydrogen-bond acceptors (Lipinski definition) is 0. The molecule has 0 unspecified atom stereocenters. The Bertz CT molecular complexity index is 667. The van der Waals surface area contributed by atoms with E-state index >= 15 is 0 Å². The molecule has 0 atom stereocenters. The van der Waals surface area contributed by atoms with Crippen molar-refractivity contribution in [1.82, 2.24) is 0 Å². The maximum absolute atomic E-state index is 2.26. The van der Waals surface area contributed by atoms with Crippen molar-refractivity contribution in [2.75, 3.05) is 0 Å². The van der Waals surface area contributed by atoms with Crippen molar-refractivity contribution in [2.45, 2.75) is 14.4 Å². The van der Waals surface area contributed by atoms with Gasteiger partial charge in [-0.15, -0.1) is 0 Å². The Kier molecular flexibility index (Phi) is 4.37. The van der Waals surface area contributed by atoms with E-state index in [1.165, 1.54) is 27.8 Å². The fraction of sp³-hybridized carbons (Fsp3) is 0.100. The van der Waals surface area contributed by atoms with Crippen molar-refractivity contribution in [3.63, 3.8) is 0 Å². The number of aryl methyl sites for hydroxylation is 1. The molecule has 0 aliphatic rings. The van der Waals surface area contributed by atoms with Gasteiger partial charge in [0.05, 0.1) is 0 Å². The zero-order chi connectivity index (χ0) is 13.1. The molecular weight excluding hydrogens is 240 g/mol. The molecule has 3 rings (SSSR count). The van der Waals surface area contributed by atoms with Gasteiger partial charge < -0.3 is 0 Å². The van der Waals surface area contributed by atoms with E-state index in [9.17, 15) is 0 Å². The first-order valence-electron chi connectivity index (χ1n) is 6.56. The molecule has 0 amide bonds. The highest BCUT2D eigenvalue weighted by atomic mass is 14.1. The summed E-state index contributed by atoms with van der Waals surface area (Å²) in [7, 11) is 0. The molecule has 100 valence electrons. The molecular formula is C20H20. The Morgan fingerprint density at radius 1 is 0.550 bits per heavy atom. The van der Waals surface area contributed by atoms with Gasteiger partial charge in [-0.1, -0.05) is 86.3 Å². The monoisotopic (exact) mass is 260 g/mol. The summed E-state index contributed by atoms with van der Waals surface area (Å²) in [4.78, 5) is 0. The minimum Gasteiger partial charge on any atom is -0.0776 e. The molecule has 3 aromatic rings. The van der Waals surface area contributed by atoms with Crippen molar-refractivity contribution in [1.29, 1.82) is 0 Å². The second-order valence-electron chi connectivity index (χ2n) is 4.76. The van der Waals surface area contributed by atoms with Crippen LogP contribution in [0.2, 0.25) is 0 Å². The molecule has 0 aromatic heterocycles. The molecule has 0 spiro atoms. The predicted molar refractivity (Wildman–Crippen MR) is 88.8 cm³/mol. The Balaban J connectivity index is 0.00000147. The van der Waals surface area contributed by atoms with Crippen molar-refractivity contribution < 1.29 is 0 Å². The van der Waals surface area contributed by atoms with Gasteiger partial charge in [0.2, 0.25) is 0 Å². The average Bonchev–Trinajstić information content (AvgIpc) is 2.49. The molecule has 0 nitrogen and oxygen atoms in total. The molecule has 0 radical (unpaired) electrons. The zero-order valence-electron chi connectivity index (χ0n) is 11.0. The molecule has 0 aliphatic carbocycles. The van der Waals surface area contributed by atoms with Crippen LogP contribution in [0.4, 0.5) is 0 Å². The van der Waals surface area contributed by atoms with Crippen molar-refractivity contribution in [3.05, 3.63) is 84.4 Å². The Hall–Kier alpha value is -2.34. The third kappa shape index (κ3) is 2.80. The van der Waals surface area contributed by atoms with Gasteiger partial charge in [0.1, 0.15) is 0 Å². The molecule has 0 saturated heterocycles. The predicted octanol–water partition coefficient (Wildman–Crippen LogP) is 5.97.